The lowest BCUT2D eigenvalue weighted by Crippen LogP contribution is -2.14. The molecular formula is C25H18N2O3. The molecule has 146 valence electrons. The average Bonchev–Trinajstić information content (AvgIpc) is 2.78. The van der Waals surface area contributed by atoms with Gasteiger partial charge >= 0.3 is 0 Å². The van der Waals surface area contributed by atoms with Gasteiger partial charge in [-0.3, -0.25) is 14.9 Å². The van der Waals surface area contributed by atoms with Gasteiger partial charge in [-0.2, -0.15) is 0 Å². The molecule has 5 nitrogen and oxygen atoms in total. The highest BCUT2D eigenvalue weighted by Gasteiger charge is 2.14. The van der Waals surface area contributed by atoms with Gasteiger partial charge in [-0.05, 0) is 40.8 Å². The van der Waals surface area contributed by atoms with Crippen molar-refractivity contribution >= 4 is 39.7 Å². The van der Waals surface area contributed by atoms with E-state index in [0.717, 1.165) is 22.0 Å². The van der Waals surface area contributed by atoms with Gasteiger partial charge in [-0.25, -0.2) is 0 Å². The molecule has 0 aliphatic carbocycles. The molecule has 4 aromatic rings. The summed E-state index contributed by atoms with van der Waals surface area (Å²) in [4.78, 5) is 23.7. The fourth-order valence-corrected chi connectivity index (χ4v) is 3.28. The Morgan fingerprint density at radius 3 is 2.20 bits per heavy atom. The van der Waals surface area contributed by atoms with Crippen LogP contribution in [0, 0.1) is 10.1 Å². The number of hydrogen-bond donors (Lipinski definition) is 1. The Labute approximate surface area is 173 Å². The van der Waals surface area contributed by atoms with E-state index < -0.39 is 4.92 Å². The third-order valence-electron chi connectivity index (χ3n) is 4.78. The van der Waals surface area contributed by atoms with Crippen molar-refractivity contribution in [2.45, 2.75) is 0 Å². The number of hydrogen-bond acceptors (Lipinski definition) is 3. The molecule has 0 spiro atoms. The predicted molar refractivity (Wildman–Crippen MR) is 120 cm³/mol. The first-order chi connectivity index (χ1) is 14.6. The molecule has 0 bridgehead atoms. The minimum atomic E-state index is -0.446. The number of amides is 1. The van der Waals surface area contributed by atoms with E-state index >= 15 is 0 Å². The molecule has 0 saturated heterocycles. The number of non-ortho nitro benzene ring substituents is 1. The van der Waals surface area contributed by atoms with Gasteiger partial charge in [0.05, 0.1) is 4.92 Å². The van der Waals surface area contributed by atoms with Crippen LogP contribution in [0.15, 0.2) is 97.1 Å². The minimum absolute atomic E-state index is 0.00798. The fraction of sp³-hybridized carbons (Fsp3) is 0. The predicted octanol–water partition coefficient (Wildman–Crippen LogP) is 5.93. The molecule has 1 amide bonds. The van der Waals surface area contributed by atoms with Crippen molar-refractivity contribution in [1.82, 2.24) is 0 Å². The molecule has 0 unspecified atom stereocenters. The zero-order chi connectivity index (χ0) is 20.9. The number of benzene rings is 4. The van der Waals surface area contributed by atoms with Crippen molar-refractivity contribution in [3.8, 4) is 0 Å². The number of fused-ring (bicyclic) bond motifs is 1. The summed E-state index contributed by atoms with van der Waals surface area (Å²) >= 11 is 0. The van der Waals surface area contributed by atoms with Crippen LogP contribution in [0.3, 0.4) is 0 Å². The van der Waals surface area contributed by atoms with E-state index in [1.165, 1.54) is 12.1 Å². The van der Waals surface area contributed by atoms with E-state index in [2.05, 4.69) is 5.32 Å². The van der Waals surface area contributed by atoms with Crippen molar-refractivity contribution in [2.75, 3.05) is 5.32 Å². The second-order valence-electron chi connectivity index (χ2n) is 6.75. The molecule has 0 aromatic heterocycles. The maximum Gasteiger partial charge on any atom is 0.269 e. The third kappa shape index (κ3) is 4.10. The second kappa shape index (κ2) is 8.41. The maximum atomic E-state index is 13.2. The number of carbonyl (C=O) groups is 1. The average molecular weight is 394 g/mol. The second-order valence-corrected chi connectivity index (χ2v) is 6.75. The highest BCUT2D eigenvalue weighted by molar-refractivity contribution is 6.30. The molecule has 0 aliphatic heterocycles. The van der Waals surface area contributed by atoms with Gasteiger partial charge in [0.25, 0.3) is 11.6 Å². The van der Waals surface area contributed by atoms with Crippen molar-refractivity contribution < 1.29 is 9.72 Å². The third-order valence-corrected chi connectivity index (χ3v) is 4.78. The van der Waals surface area contributed by atoms with E-state index in [1.54, 1.807) is 18.2 Å². The molecule has 4 aromatic carbocycles. The topological polar surface area (TPSA) is 72.2 Å². The van der Waals surface area contributed by atoms with Gasteiger partial charge in [0.1, 0.15) is 0 Å². The van der Waals surface area contributed by atoms with Crippen LogP contribution >= 0.6 is 0 Å². The summed E-state index contributed by atoms with van der Waals surface area (Å²) in [6.07, 6.45) is 1.74. The number of anilines is 1. The van der Waals surface area contributed by atoms with Gasteiger partial charge in [-0.15, -0.1) is 0 Å². The Morgan fingerprint density at radius 1 is 0.800 bits per heavy atom. The summed E-state index contributed by atoms with van der Waals surface area (Å²) in [5.74, 6) is -0.254. The lowest BCUT2D eigenvalue weighted by Gasteiger charge is -2.12. The van der Waals surface area contributed by atoms with Crippen LogP contribution in [-0.2, 0) is 4.79 Å². The van der Waals surface area contributed by atoms with Crippen LogP contribution in [-0.4, -0.2) is 10.8 Å². The van der Waals surface area contributed by atoms with Crippen LogP contribution in [0.4, 0.5) is 11.4 Å². The Morgan fingerprint density at radius 2 is 1.47 bits per heavy atom. The monoisotopic (exact) mass is 394 g/mol. The van der Waals surface area contributed by atoms with Crippen molar-refractivity contribution in [3.05, 3.63) is 118 Å². The van der Waals surface area contributed by atoms with Crippen LogP contribution in [0.1, 0.15) is 11.1 Å². The van der Waals surface area contributed by atoms with Gasteiger partial charge in [0, 0.05) is 28.8 Å². The molecule has 0 radical (unpaired) electrons. The Balaban J connectivity index is 1.72. The highest BCUT2D eigenvalue weighted by atomic mass is 16.6. The normalized spacial score (nSPS) is 11.3. The summed E-state index contributed by atoms with van der Waals surface area (Å²) in [7, 11) is 0. The minimum Gasteiger partial charge on any atom is -0.321 e. The molecular weight excluding hydrogens is 376 g/mol. The van der Waals surface area contributed by atoms with Crippen molar-refractivity contribution in [3.63, 3.8) is 0 Å². The zero-order valence-corrected chi connectivity index (χ0v) is 16.0. The molecule has 1 N–H and O–H groups in total. The van der Waals surface area contributed by atoms with Crippen LogP contribution < -0.4 is 5.32 Å². The van der Waals surface area contributed by atoms with E-state index in [1.807, 2.05) is 72.8 Å². The van der Waals surface area contributed by atoms with Crippen LogP contribution in [0.2, 0.25) is 0 Å². The summed E-state index contributed by atoms with van der Waals surface area (Å²) in [6, 6.07) is 29.1. The van der Waals surface area contributed by atoms with Crippen molar-refractivity contribution in [2.24, 2.45) is 0 Å². The maximum absolute atomic E-state index is 13.2. The zero-order valence-electron chi connectivity index (χ0n) is 16.0. The molecule has 0 atom stereocenters. The molecule has 0 heterocycles. The summed E-state index contributed by atoms with van der Waals surface area (Å²) in [5, 5.41) is 15.9. The number of rotatable bonds is 5. The smallest absolute Gasteiger partial charge is 0.269 e. The molecule has 0 saturated carbocycles. The first kappa shape index (κ1) is 19.1. The van der Waals surface area contributed by atoms with Crippen LogP contribution in [0.25, 0.3) is 22.4 Å². The van der Waals surface area contributed by atoms with Gasteiger partial charge in [0.15, 0.2) is 0 Å². The lowest BCUT2D eigenvalue weighted by atomic mass is 10.0. The Hall–Kier alpha value is -4.25. The van der Waals surface area contributed by atoms with Crippen LogP contribution in [0.5, 0.6) is 0 Å². The Bertz CT molecular complexity index is 1240. The number of nitro groups is 1. The van der Waals surface area contributed by atoms with E-state index in [-0.39, 0.29) is 11.6 Å². The van der Waals surface area contributed by atoms with E-state index in [9.17, 15) is 14.9 Å². The first-order valence-corrected chi connectivity index (χ1v) is 9.42. The van der Waals surface area contributed by atoms with Crippen molar-refractivity contribution in [1.29, 1.82) is 0 Å². The number of nitrogens with zero attached hydrogens (tertiary/aromatic N) is 1. The molecule has 0 aliphatic rings. The standard InChI is InChI=1S/C25H18N2O3/c28-25(26-24-12-6-10-19-9-4-5-11-22(19)24)23(20-7-2-1-3-8-20)17-18-13-15-21(16-14-18)27(29)30/h1-17H,(H,26,28)/b23-17+. The van der Waals surface area contributed by atoms with Gasteiger partial charge in [0.2, 0.25) is 0 Å². The molecule has 4 rings (SSSR count). The SMILES string of the molecule is O=C(Nc1cccc2ccccc12)/C(=C/c1ccc([N+](=O)[O-])cc1)c1ccccc1. The van der Waals surface area contributed by atoms with E-state index in [4.69, 9.17) is 0 Å². The lowest BCUT2D eigenvalue weighted by molar-refractivity contribution is -0.384. The van der Waals surface area contributed by atoms with Gasteiger partial charge < -0.3 is 5.32 Å². The molecule has 0 fully saturated rings. The van der Waals surface area contributed by atoms with Gasteiger partial charge in [-0.1, -0.05) is 66.7 Å². The van der Waals surface area contributed by atoms with E-state index in [0.29, 0.717) is 11.1 Å². The Kier molecular flexibility index (Phi) is 5.35. The highest BCUT2D eigenvalue weighted by Crippen LogP contribution is 2.26. The largest absolute Gasteiger partial charge is 0.321 e. The summed E-state index contributed by atoms with van der Waals surface area (Å²) in [6.45, 7) is 0. The quantitative estimate of drug-likeness (QED) is 0.197. The number of carbonyl (C=O) groups excluding carboxylic acids is 1. The first-order valence-electron chi connectivity index (χ1n) is 9.42. The number of nitrogens with one attached hydrogen (secondary N) is 1. The summed E-state index contributed by atoms with van der Waals surface area (Å²) < 4.78 is 0. The molecule has 5 heteroatoms. The molecule has 30 heavy (non-hydrogen) atoms. The fourth-order valence-electron chi connectivity index (χ4n) is 3.28. The summed E-state index contributed by atoms with van der Waals surface area (Å²) in [5.41, 5.74) is 2.66. The number of nitro benzene ring substituents is 1.